The maximum atomic E-state index is 12.0. The number of phenols is 1. The van der Waals surface area contributed by atoms with E-state index in [1.54, 1.807) is 18.2 Å². The Morgan fingerprint density at radius 2 is 2.13 bits per heavy atom. The molecule has 30 heavy (non-hydrogen) atoms. The molecule has 2 aromatic carbocycles. The highest BCUT2D eigenvalue weighted by atomic mass is 35.5. The van der Waals surface area contributed by atoms with Crippen LogP contribution in [-0.2, 0) is 21.2 Å². The predicted octanol–water partition coefficient (Wildman–Crippen LogP) is 2.94. The Hall–Kier alpha value is -2.39. The maximum absolute atomic E-state index is 12.0. The molecule has 7 nitrogen and oxygen atoms in total. The summed E-state index contributed by atoms with van der Waals surface area (Å²) in [7, 11) is -3.54. The van der Waals surface area contributed by atoms with Gasteiger partial charge in [0.25, 0.3) is 0 Å². The molecule has 1 aromatic heterocycles. The molecule has 0 fully saturated rings. The second-order valence-corrected chi connectivity index (χ2v) is 9.72. The first-order valence-corrected chi connectivity index (χ1v) is 11.8. The van der Waals surface area contributed by atoms with Crippen LogP contribution >= 0.6 is 11.6 Å². The van der Waals surface area contributed by atoms with Crippen LogP contribution in [0, 0.1) is 0 Å². The highest BCUT2D eigenvalue weighted by Crippen LogP contribution is 2.40. The normalized spacial score (nSPS) is 18.3. The molecule has 3 aromatic rings. The van der Waals surface area contributed by atoms with E-state index in [0.29, 0.717) is 24.3 Å². The largest absolute Gasteiger partial charge is 0.508 e. The van der Waals surface area contributed by atoms with E-state index in [-0.39, 0.29) is 18.2 Å². The molecule has 9 heteroatoms. The Bertz CT molecular complexity index is 1210. The van der Waals surface area contributed by atoms with E-state index in [9.17, 15) is 18.3 Å². The summed E-state index contributed by atoms with van der Waals surface area (Å²) in [6, 6.07) is 12.1. The standard InChI is InChI=1S/C21H22ClN3O4S/c1-30(28,29)24-19(8-10-26)25-9-7-16-17-12-14(22)5-6-18(17)23-20(16)21(25)13-3-2-4-15(27)11-13/h2-6,10-12,19,21,23-24,27H,7-9H2,1H3. The van der Waals surface area contributed by atoms with Crippen LogP contribution in [0.3, 0.4) is 0 Å². The number of halogens is 1. The van der Waals surface area contributed by atoms with Gasteiger partial charge in [0.15, 0.2) is 0 Å². The number of aromatic nitrogens is 1. The number of aldehydes is 1. The molecule has 3 N–H and O–H groups in total. The van der Waals surface area contributed by atoms with E-state index in [1.807, 2.05) is 29.2 Å². The molecule has 2 unspecified atom stereocenters. The van der Waals surface area contributed by atoms with Gasteiger partial charge in [-0.05, 0) is 47.9 Å². The zero-order valence-corrected chi connectivity index (χ0v) is 17.9. The number of phenolic OH excluding ortho intramolecular Hbond substituents is 1. The quantitative estimate of drug-likeness (QED) is 0.504. The van der Waals surface area contributed by atoms with Crippen molar-refractivity contribution in [2.45, 2.75) is 25.0 Å². The molecular formula is C21H22ClN3O4S. The fourth-order valence-corrected chi connectivity index (χ4v) is 5.16. The zero-order chi connectivity index (χ0) is 21.5. The summed E-state index contributed by atoms with van der Waals surface area (Å²) < 4.78 is 26.5. The van der Waals surface area contributed by atoms with Gasteiger partial charge in [-0.2, -0.15) is 4.72 Å². The van der Waals surface area contributed by atoms with Gasteiger partial charge in [-0.25, -0.2) is 8.42 Å². The van der Waals surface area contributed by atoms with Crippen molar-refractivity contribution in [1.82, 2.24) is 14.6 Å². The number of carbonyl (C=O) groups is 1. The van der Waals surface area contributed by atoms with Crippen LogP contribution in [0.15, 0.2) is 42.5 Å². The Balaban J connectivity index is 1.89. The topological polar surface area (TPSA) is 103 Å². The maximum Gasteiger partial charge on any atom is 0.210 e. The van der Waals surface area contributed by atoms with Crippen LogP contribution in [0.25, 0.3) is 10.9 Å². The van der Waals surface area contributed by atoms with Crippen molar-refractivity contribution in [3.8, 4) is 5.75 Å². The first-order valence-electron chi connectivity index (χ1n) is 9.52. The van der Waals surface area contributed by atoms with E-state index in [0.717, 1.165) is 34.0 Å². The van der Waals surface area contributed by atoms with E-state index < -0.39 is 16.2 Å². The third-order valence-electron chi connectivity index (χ3n) is 5.38. The molecule has 0 saturated carbocycles. The molecule has 1 aliphatic heterocycles. The molecule has 4 rings (SSSR count). The molecule has 0 bridgehead atoms. The van der Waals surface area contributed by atoms with E-state index in [2.05, 4.69) is 9.71 Å². The summed E-state index contributed by atoms with van der Waals surface area (Å²) >= 11 is 6.21. The predicted molar refractivity (Wildman–Crippen MR) is 116 cm³/mol. The fraction of sp³-hybridized carbons (Fsp3) is 0.286. The SMILES string of the molecule is CS(=O)(=O)NC(CC=O)N1CCc2c([nH]c3ccc(Cl)cc23)C1c1cccc(O)c1. The molecule has 158 valence electrons. The minimum absolute atomic E-state index is 0.00375. The molecule has 0 amide bonds. The number of nitrogens with zero attached hydrogens (tertiary/aromatic N) is 1. The molecule has 1 aliphatic rings. The number of hydrogen-bond donors (Lipinski definition) is 3. The van der Waals surface area contributed by atoms with Crippen LogP contribution in [0.4, 0.5) is 0 Å². The van der Waals surface area contributed by atoms with Crippen LogP contribution in [0.5, 0.6) is 5.75 Å². The van der Waals surface area contributed by atoms with Gasteiger partial charge in [0.1, 0.15) is 12.0 Å². The molecule has 2 atom stereocenters. The molecule has 0 aliphatic carbocycles. The van der Waals surface area contributed by atoms with Gasteiger partial charge >= 0.3 is 0 Å². The first kappa shape index (κ1) is 20.9. The fourth-order valence-electron chi connectivity index (χ4n) is 4.26. The second-order valence-electron chi connectivity index (χ2n) is 7.50. The van der Waals surface area contributed by atoms with Crippen molar-refractivity contribution in [2.24, 2.45) is 0 Å². The van der Waals surface area contributed by atoms with Crippen molar-refractivity contribution < 1.29 is 18.3 Å². The van der Waals surface area contributed by atoms with Crippen molar-refractivity contribution in [1.29, 1.82) is 0 Å². The lowest BCUT2D eigenvalue weighted by Crippen LogP contribution is -2.52. The third-order valence-corrected chi connectivity index (χ3v) is 6.32. The highest BCUT2D eigenvalue weighted by Gasteiger charge is 2.36. The number of nitrogens with one attached hydrogen (secondary N) is 2. The van der Waals surface area contributed by atoms with Gasteiger partial charge in [-0.1, -0.05) is 23.7 Å². The minimum Gasteiger partial charge on any atom is -0.508 e. The van der Waals surface area contributed by atoms with Crippen LogP contribution < -0.4 is 4.72 Å². The van der Waals surface area contributed by atoms with Crippen molar-refractivity contribution in [3.05, 3.63) is 64.3 Å². The summed E-state index contributed by atoms with van der Waals surface area (Å²) in [5, 5.41) is 11.7. The van der Waals surface area contributed by atoms with Gasteiger partial charge < -0.3 is 14.9 Å². The number of aromatic amines is 1. The third kappa shape index (κ3) is 4.09. The molecular weight excluding hydrogens is 426 g/mol. The van der Waals surface area contributed by atoms with Gasteiger partial charge in [0, 0.05) is 34.6 Å². The molecule has 0 spiro atoms. The van der Waals surface area contributed by atoms with E-state index in [1.165, 1.54) is 0 Å². The number of sulfonamides is 1. The van der Waals surface area contributed by atoms with Crippen molar-refractivity contribution in [3.63, 3.8) is 0 Å². The number of hydrogen-bond acceptors (Lipinski definition) is 5. The van der Waals surface area contributed by atoms with Crippen LogP contribution in [0.1, 0.15) is 29.3 Å². The number of benzene rings is 2. The smallest absolute Gasteiger partial charge is 0.210 e. The van der Waals surface area contributed by atoms with Gasteiger partial charge in [-0.15, -0.1) is 0 Å². The second kappa shape index (κ2) is 8.03. The summed E-state index contributed by atoms with van der Waals surface area (Å²) in [5.41, 5.74) is 3.72. The Morgan fingerprint density at radius 1 is 1.33 bits per heavy atom. The summed E-state index contributed by atoms with van der Waals surface area (Å²) in [6.45, 7) is 0.522. The molecule has 2 heterocycles. The van der Waals surface area contributed by atoms with Crippen molar-refractivity contribution >= 4 is 38.8 Å². The van der Waals surface area contributed by atoms with E-state index in [4.69, 9.17) is 11.6 Å². The Kier molecular flexibility index (Phi) is 5.59. The number of H-pyrrole nitrogens is 1. The summed E-state index contributed by atoms with van der Waals surface area (Å²) in [4.78, 5) is 16.7. The minimum atomic E-state index is -3.54. The van der Waals surface area contributed by atoms with Crippen LogP contribution in [0.2, 0.25) is 5.02 Å². The number of carbonyl (C=O) groups excluding carboxylic acids is 1. The average molecular weight is 448 g/mol. The van der Waals surface area contributed by atoms with E-state index >= 15 is 0 Å². The highest BCUT2D eigenvalue weighted by molar-refractivity contribution is 7.88. The average Bonchev–Trinajstić information content (AvgIpc) is 3.03. The van der Waals surface area contributed by atoms with Crippen molar-refractivity contribution in [2.75, 3.05) is 12.8 Å². The monoisotopic (exact) mass is 447 g/mol. The number of aromatic hydroxyl groups is 1. The zero-order valence-electron chi connectivity index (χ0n) is 16.3. The Labute approximate surface area is 179 Å². The Morgan fingerprint density at radius 3 is 2.83 bits per heavy atom. The van der Waals surface area contributed by atoms with Gasteiger partial charge in [0.05, 0.1) is 18.5 Å². The van der Waals surface area contributed by atoms with Crippen LogP contribution in [-0.4, -0.2) is 48.7 Å². The van der Waals surface area contributed by atoms with Gasteiger partial charge in [0.2, 0.25) is 10.0 Å². The lowest BCUT2D eigenvalue weighted by atomic mass is 9.91. The lowest BCUT2D eigenvalue weighted by molar-refractivity contribution is -0.109. The first-order chi connectivity index (χ1) is 14.3. The molecule has 0 radical (unpaired) electrons. The number of fused-ring (bicyclic) bond motifs is 3. The lowest BCUT2D eigenvalue weighted by Gasteiger charge is -2.40. The summed E-state index contributed by atoms with van der Waals surface area (Å²) in [5.74, 6) is 0.113. The summed E-state index contributed by atoms with van der Waals surface area (Å²) in [6.07, 6.45) is 1.74. The number of rotatable bonds is 6. The van der Waals surface area contributed by atoms with Gasteiger partial charge in [-0.3, -0.25) is 4.90 Å². The molecule has 0 saturated heterocycles.